The van der Waals surface area contributed by atoms with Crippen molar-refractivity contribution in [2.24, 2.45) is 11.7 Å². The third-order valence-electron chi connectivity index (χ3n) is 2.94. The number of benzene rings is 1. The van der Waals surface area contributed by atoms with Gasteiger partial charge < -0.3 is 11.1 Å². The molecule has 0 bridgehead atoms. The van der Waals surface area contributed by atoms with E-state index in [0.717, 1.165) is 18.2 Å². The Morgan fingerprint density at radius 1 is 1.33 bits per heavy atom. The molecule has 0 aromatic heterocycles. The summed E-state index contributed by atoms with van der Waals surface area (Å²) in [6.45, 7) is 1.86. The van der Waals surface area contributed by atoms with Crippen LogP contribution >= 0.6 is 12.4 Å². The highest BCUT2D eigenvalue weighted by atomic mass is 35.5. The fourth-order valence-corrected chi connectivity index (χ4v) is 2.54. The zero-order valence-corrected chi connectivity index (χ0v) is 14.4. The Kier molecular flexibility index (Phi) is 8.69. The molecule has 0 spiro atoms. The Hall–Kier alpha value is -1.36. The lowest BCUT2D eigenvalue weighted by Gasteiger charge is -2.12. The van der Waals surface area contributed by atoms with Crippen LogP contribution in [-0.2, 0) is 21.0 Å². The van der Waals surface area contributed by atoms with E-state index in [1.807, 2.05) is 4.72 Å². The highest BCUT2D eigenvalue weighted by Crippen LogP contribution is 2.30. The standard InChI is InChI=1S/C13H18F3N3O3S.ClH/c1-9(6-17)7-18-12(20)8-19-23(21,22)11-4-2-3-10(5-11)13(14,15)16;/h2-5,9,19H,6-8,17H2,1H3,(H,18,20);1H. The van der Waals surface area contributed by atoms with Crippen LogP contribution in [0.3, 0.4) is 0 Å². The van der Waals surface area contributed by atoms with E-state index < -0.39 is 39.1 Å². The molecule has 0 fully saturated rings. The van der Waals surface area contributed by atoms with E-state index in [1.165, 1.54) is 0 Å². The van der Waals surface area contributed by atoms with Gasteiger partial charge in [-0.2, -0.15) is 13.2 Å². The summed E-state index contributed by atoms with van der Waals surface area (Å²) in [5, 5.41) is 2.47. The molecule has 0 saturated heterocycles. The average molecular weight is 390 g/mol. The van der Waals surface area contributed by atoms with Crippen molar-refractivity contribution < 1.29 is 26.4 Å². The number of hydrogen-bond donors (Lipinski definition) is 3. The summed E-state index contributed by atoms with van der Waals surface area (Å²) < 4.78 is 63.6. The van der Waals surface area contributed by atoms with Crippen LogP contribution in [0.5, 0.6) is 0 Å². The number of alkyl halides is 3. The fraction of sp³-hybridized carbons (Fsp3) is 0.462. The molecule has 1 aromatic rings. The number of carbonyl (C=O) groups excluding carboxylic acids is 1. The maximum atomic E-state index is 12.6. The Labute approximate surface area is 144 Å². The monoisotopic (exact) mass is 389 g/mol. The number of amides is 1. The molecular formula is C13H19ClF3N3O3S. The molecule has 1 aromatic carbocycles. The van der Waals surface area contributed by atoms with E-state index in [4.69, 9.17) is 5.73 Å². The molecule has 24 heavy (non-hydrogen) atoms. The Bertz CT molecular complexity index is 653. The van der Waals surface area contributed by atoms with Crippen LogP contribution in [0.2, 0.25) is 0 Å². The van der Waals surface area contributed by atoms with Gasteiger partial charge in [0.2, 0.25) is 15.9 Å². The SMILES string of the molecule is CC(CN)CNC(=O)CNS(=O)(=O)c1cccc(C(F)(F)F)c1.Cl. The van der Waals surface area contributed by atoms with Gasteiger partial charge in [-0.15, -0.1) is 12.4 Å². The van der Waals surface area contributed by atoms with Crippen LogP contribution < -0.4 is 15.8 Å². The maximum Gasteiger partial charge on any atom is 0.416 e. The molecule has 0 saturated carbocycles. The molecule has 11 heteroatoms. The van der Waals surface area contributed by atoms with Crippen molar-refractivity contribution in [3.8, 4) is 0 Å². The highest BCUT2D eigenvalue weighted by molar-refractivity contribution is 7.89. The summed E-state index contributed by atoms with van der Waals surface area (Å²) in [5.41, 5.74) is 4.29. The summed E-state index contributed by atoms with van der Waals surface area (Å²) in [7, 11) is -4.22. The van der Waals surface area contributed by atoms with E-state index >= 15 is 0 Å². The van der Waals surface area contributed by atoms with Crippen LogP contribution in [0.15, 0.2) is 29.2 Å². The van der Waals surface area contributed by atoms with Gasteiger partial charge in [0.05, 0.1) is 17.0 Å². The zero-order valence-electron chi connectivity index (χ0n) is 12.8. The molecular weight excluding hydrogens is 371 g/mol. The van der Waals surface area contributed by atoms with Gasteiger partial charge in [0.1, 0.15) is 0 Å². The first-order valence-corrected chi connectivity index (χ1v) is 8.18. The van der Waals surface area contributed by atoms with Gasteiger partial charge in [-0.1, -0.05) is 13.0 Å². The third kappa shape index (κ3) is 7.04. The number of rotatable bonds is 7. The van der Waals surface area contributed by atoms with E-state index in [0.29, 0.717) is 12.6 Å². The van der Waals surface area contributed by atoms with E-state index in [1.54, 1.807) is 6.92 Å². The number of carbonyl (C=O) groups is 1. The molecule has 6 nitrogen and oxygen atoms in total. The van der Waals surface area contributed by atoms with Crippen molar-refractivity contribution in [1.29, 1.82) is 0 Å². The number of sulfonamides is 1. The van der Waals surface area contributed by atoms with Gasteiger partial charge in [-0.3, -0.25) is 4.79 Å². The highest BCUT2D eigenvalue weighted by Gasteiger charge is 2.31. The lowest BCUT2D eigenvalue weighted by Crippen LogP contribution is -2.39. The van der Waals surface area contributed by atoms with Gasteiger partial charge in [0, 0.05) is 6.54 Å². The van der Waals surface area contributed by atoms with E-state index in [2.05, 4.69) is 5.32 Å². The van der Waals surface area contributed by atoms with Crippen LogP contribution in [0.4, 0.5) is 13.2 Å². The van der Waals surface area contributed by atoms with Crippen LogP contribution in [0, 0.1) is 5.92 Å². The first-order valence-electron chi connectivity index (χ1n) is 6.70. The van der Waals surface area contributed by atoms with Gasteiger partial charge >= 0.3 is 6.18 Å². The van der Waals surface area contributed by atoms with Crippen molar-refractivity contribution >= 4 is 28.3 Å². The Morgan fingerprint density at radius 3 is 2.50 bits per heavy atom. The second kappa shape index (κ2) is 9.21. The number of nitrogens with one attached hydrogen (secondary N) is 2. The molecule has 0 heterocycles. The predicted octanol–water partition coefficient (Wildman–Crippen LogP) is 1.12. The van der Waals surface area contributed by atoms with Gasteiger partial charge in [0.25, 0.3) is 0 Å². The normalized spacial score (nSPS) is 13.0. The van der Waals surface area contributed by atoms with E-state index in [-0.39, 0.29) is 24.9 Å². The zero-order chi connectivity index (χ0) is 17.7. The fourth-order valence-electron chi connectivity index (χ4n) is 1.52. The number of nitrogens with two attached hydrogens (primary N) is 1. The lowest BCUT2D eigenvalue weighted by atomic mass is 10.2. The minimum Gasteiger partial charge on any atom is -0.355 e. The Balaban J connectivity index is 0.00000529. The van der Waals surface area contributed by atoms with Crippen molar-refractivity contribution in [2.75, 3.05) is 19.6 Å². The van der Waals surface area contributed by atoms with Crippen LogP contribution in [0.25, 0.3) is 0 Å². The number of hydrogen-bond acceptors (Lipinski definition) is 4. The van der Waals surface area contributed by atoms with Crippen LogP contribution in [-0.4, -0.2) is 34.0 Å². The summed E-state index contributed by atoms with van der Waals surface area (Å²) in [6, 6.07) is 3.28. The van der Waals surface area contributed by atoms with E-state index in [9.17, 15) is 26.4 Å². The molecule has 138 valence electrons. The predicted molar refractivity (Wildman–Crippen MR) is 85.1 cm³/mol. The van der Waals surface area contributed by atoms with Gasteiger partial charge in [0.15, 0.2) is 0 Å². The molecule has 4 N–H and O–H groups in total. The molecule has 1 rings (SSSR count). The van der Waals surface area contributed by atoms with Crippen molar-refractivity contribution in [3.05, 3.63) is 29.8 Å². The minimum atomic E-state index is -4.65. The maximum absolute atomic E-state index is 12.6. The molecule has 0 aliphatic heterocycles. The van der Waals surface area contributed by atoms with Gasteiger partial charge in [-0.25, -0.2) is 13.1 Å². The molecule has 0 aliphatic rings. The molecule has 1 amide bonds. The third-order valence-corrected chi connectivity index (χ3v) is 4.34. The summed E-state index contributed by atoms with van der Waals surface area (Å²) in [4.78, 5) is 10.9. The molecule has 0 aliphatic carbocycles. The largest absolute Gasteiger partial charge is 0.416 e. The molecule has 1 unspecified atom stereocenters. The second-order valence-electron chi connectivity index (χ2n) is 5.00. The van der Waals surface area contributed by atoms with Crippen molar-refractivity contribution in [3.63, 3.8) is 0 Å². The average Bonchev–Trinajstić information content (AvgIpc) is 2.50. The summed E-state index contributed by atoms with van der Waals surface area (Å²) in [5.74, 6) is -0.570. The molecule has 0 radical (unpaired) electrons. The Morgan fingerprint density at radius 2 is 1.96 bits per heavy atom. The topological polar surface area (TPSA) is 101 Å². The quantitative estimate of drug-likeness (QED) is 0.650. The minimum absolute atomic E-state index is 0. The smallest absolute Gasteiger partial charge is 0.355 e. The van der Waals surface area contributed by atoms with Crippen molar-refractivity contribution in [2.45, 2.75) is 18.0 Å². The molecule has 1 atom stereocenters. The second-order valence-corrected chi connectivity index (χ2v) is 6.76. The van der Waals surface area contributed by atoms with Gasteiger partial charge in [-0.05, 0) is 30.7 Å². The first kappa shape index (κ1) is 22.6. The number of halogens is 4. The summed E-state index contributed by atoms with van der Waals surface area (Å²) in [6.07, 6.45) is -4.65. The lowest BCUT2D eigenvalue weighted by molar-refractivity contribution is -0.137. The first-order chi connectivity index (χ1) is 10.6. The van der Waals surface area contributed by atoms with Crippen LogP contribution in [0.1, 0.15) is 12.5 Å². The van der Waals surface area contributed by atoms with Crippen molar-refractivity contribution in [1.82, 2.24) is 10.0 Å². The summed E-state index contributed by atoms with van der Waals surface area (Å²) >= 11 is 0.